The molecule has 2 rings (SSSR count). The smallest absolute Gasteiger partial charge is 0.165 e. The number of rotatable bonds is 3. The van der Waals surface area contributed by atoms with E-state index >= 15 is 0 Å². The fourth-order valence-electron chi connectivity index (χ4n) is 1.83. The molecule has 2 nitrogen and oxygen atoms in total. The number of hydrogen-bond donors (Lipinski definition) is 1. The fourth-order valence-corrected chi connectivity index (χ4v) is 2.15. The maximum absolute atomic E-state index is 13.8. The molecule has 6 heteroatoms. The third kappa shape index (κ3) is 2.81. The van der Waals surface area contributed by atoms with E-state index in [1.54, 1.807) is 0 Å². The highest BCUT2D eigenvalue weighted by Crippen LogP contribution is 2.29. The number of benzene rings is 2. The fraction of sp³-hybridized carbons (Fsp3) is 0.143. The van der Waals surface area contributed by atoms with E-state index in [2.05, 4.69) is 15.9 Å². The molecule has 0 amide bonds. The van der Waals surface area contributed by atoms with Gasteiger partial charge in [0.2, 0.25) is 0 Å². The van der Waals surface area contributed by atoms with E-state index in [0.29, 0.717) is 5.56 Å². The maximum atomic E-state index is 13.8. The minimum atomic E-state index is -0.974. The molecule has 20 heavy (non-hydrogen) atoms. The highest BCUT2D eigenvalue weighted by Gasteiger charge is 2.18. The molecule has 0 fully saturated rings. The van der Waals surface area contributed by atoms with E-state index in [4.69, 9.17) is 10.5 Å². The zero-order valence-electron chi connectivity index (χ0n) is 10.5. The molecular weight excluding hydrogens is 335 g/mol. The monoisotopic (exact) mass is 345 g/mol. The van der Waals surface area contributed by atoms with Gasteiger partial charge in [-0.2, -0.15) is 0 Å². The van der Waals surface area contributed by atoms with E-state index < -0.39 is 23.5 Å². The summed E-state index contributed by atoms with van der Waals surface area (Å²) in [5.74, 6) is -1.85. The van der Waals surface area contributed by atoms with Gasteiger partial charge in [-0.05, 0) is 45.8 Å². The molecule has 0 radical (unpaired) electrons. The molecule has 1 unspecified atom stereocenters. The molecule has 0 aliphatic heterocycles. The van der Waals surface area contributed by atoms with Crippen molar-refractivity contribution in [1.82, 2.24) is 0 Å². The molecule has 0 spiro atoms. The Morgan fingerprint density at radius 1 is 1.05 bits per heavy atom. The molecule has 2 aromatic carbocycles. The van der Waals surface area contributed by atoms with Gasteiger partial charge in [-0.1, -0.05) is 6.07 Å². The molecule has 0 aromatic heterocycles. The molecule has 0 saturated heterocycles. The Hall–Kier alpha value is -1.53. The van der Waals surface area contributed by atoms with Crippen molar-refractivity contribution in [1.29, 1.82) is 0 Å². The summed E-state index contributed by atoms with van der Waals surface area (Å²) in [4.78, 5) is 0. The van der Waals surface area contributed by atoms with Crippen molar-refractivity contribution in [3.63, 3.8) is 0 Å². The minimum absolute atomic E-state index is 0.00635. The van der Waals surface area contributed by atoms with Crippen molar-refractivity contribution in [2.24, 2.45) is 5.73 Å². The molecular formula is C14H11BrF3NO. The second-order valence-corrected chi connectivity index (χ2v) is 5.01. The van der Waals surface area contributed by atoms with Crippen LogP contribution in [0.1, 0.15) is 17.2 Å². The molecule has 2 N–H and O–H groups in total. The predicted molar refractivity (Wildman–Crippen MR) is 73.0 cm³/mol. The van der Waals surface area contributed by atoms with Crippen LogP contribution >= 0.6 is 15.9 Å². The Morgan fingerprint density at radius 2 is 1.75 bits per heavy atom. The standard InChI is InChI=1S/C14H11BrF3NO/c1-20-13-3-2-7(4-12(13)18)14(19)8-5-11(17)9(15)6-10(8)16/h2-6,14H,19H2,1H3. The second-order valence-electron chi connectivity index (χ2n) is 4.16. The molecule has 0 aliphatic carbocycles. The lowest BCUT2D eigenvalue weighted by atomic mass is 9.99. The van der Waals surface area contributed by atoms with Gasteiger partial charge in [0.1, 0.15) is 11.6 Å². The Morgan fingerprint density at radius 3 is 2.35 bits per heavy atom. The summed E-state index contributed by atoms with van der Waals surface area (Å²) in [6.07, 6.45) is 0. The largest absolute Gasteiger partial charge is 0.494 e. The van der Waals surface area contributed by atoms with Crippen LogP contribution in [0.25, 0.3) is 0 Å². The number of halogens is 4. The normalized spacial score (nSPS) is 12.3. The van der Waals surface area contributed by atoms with Gasteiger partial charge in [0.15, 0.2) is 11.6 Å². The zero-order valence-corrected chi connectivity index (χ0v) is 12.0. The van der Waals surface area contributed by atoms with Gasteiger partial charge in [0.25, 0.3) is 0 Å². The van der Waals surface area contributed by atoms with Crippen LogP contribution in [0.2, 0.25) is 0 Å². The van der Waals surface area contributed by atoms with E-state index in [0.717, 1.165) is 18.2 Å². The first-order chi connectivity index (χ1) is 9.43. The van der Waals surface area contributed by atoms with Crippen molar-refractivity contribution in [2.45, 2.75) is 6.04 Å². The molecule has 1 atom stereocenters. The van der Waals surface area contributed by atoms with Crippen LogP contribution in [0.3, 0.4) is 0 Å². The lowest BCUT2D eigenvalue weighted by molar-refractivity contribution is 0.386. The SMILES string of the molecule is COc1ccc(C(N)c2cc(F)c(Br)cc2F)cc1F. The van der Waals surface area contributed by atoms with Gasteiger partial charge < -0.3 is 10.5 Å². The average Bonchev–Trinajstić information content (AvgIpc) is 2.42. The van der Waals surface area contributed by atoms with Gasteiger partial charge in [-0.25, -0.2) is 13.2 Å². The van der Waals surface area contributed by atoms with Gasteiger partial charge in [-0.3, -0.25) is 0 Å². The van der Waals surface area contributed by atoms with Crippen molar-refractivity contribution in [2.75, 3.05) is 7.11 Å². The van der Waals surface area contributed by atoms with E-state index in [9.17, 15) is 13.2 Å². The number of hydrogen-bond acceptors (Lipinski definition) is 2. The summed E-state index contributed by atoms with van der Waals surface area (Å²) < 4.78 is 45.7. The van der Waals surface area contributed by atoms with Crippen LogP contribution < -0.4 is 10.5 Å². The maximum Gasteiger partial charge on any atom is 0.165 e. The average molecular weight is 346 g/mol. The van der Waals surface area contributed by atoms with Crippen LogP contribution in [0.15, 0.2) is 34.8 Å². The van der Waals surface area contributed by atoms with E-state index in [-0.39, 0.29) is 15.8 Å². The summed E-state index contributed by atoms with van der Waals surface area (Å²) in [6.45, 7) is 0. The topological polar surface area (TPSA) is 35.2 Å². The van der Waals surface area contributed by atoms with Crippen molar-refractivity contribution < 1.29 is 17.9 Å². The third-order valence-corrected chi connectivity index (χ3v) is 3.52. The van der Waals surface area contributed by atoms with Crippen LogP contribution in [0.5, 0.6) is 5.75 Å². The quantitative estimate of drug-likeness (QED) is 0.855. The highest BCUT2D eigenvalue weighted by molar-refractivity contribution is 9.10. The Labute approximate surface area is 122 Å². The first-order valence-electron chi connectivity index (χ1n) is 5.67. The minimum Gasteiger partial charge on any atom is -0.494 e. The first kappa shape index (κ1) is 14.9. The summed E-state index contributed by atoms with van der Waals surface area (Å²) in [6, 6.07) is 5.04. The van der Waals surface area contributed by atoms with Gasteiger partial charge in [0.05, 0.1) is 17.6 Å². The summed E-state index contributed by atoms with van der Waals surface area (Å²) in [7, 11) is 1.34. The molecule has 106 valence electrons. The van der Waals surface area contributed by atoms with Gasteiger partial charge in [-0.15, -0.1) is 0 Å². The lowest BCUT2D eigenvalue weighted by Gasteiger charge is -2.15. The second kappa shape index (κ2) is 5.85. The lowest BCUT2D eigenvalue weighted by Crippen LogP contribution is -2.14. The van der Waals surface area contributed by atoms with Crippen LogP contribution in [-0.4, -0.2) is 7.11 Å². The van der Waals surface area contributed by atoms with Crippen molar-refractivity contribution in [3.05, 3.63) is 63.4 Å². The summed E-state index contributed by atoms with van der Waals surface area (Å²) >= 11 is 2.88. The Kier molecular flexibility index (Phi) is 4.35. The van der Waals surface area contributed by atoms with Gasteiger partial charge >= 0.3 is 0 Å². The third-order valence-electron chi connectivity index (χ3n) is 2.91. The van der Waals surface area contributed by atoms with Gasteiger partial charge in [0, 0.05) is 5.56 Å². The highest BCUT2D eigenvalue weighted by atomic mass is 79.9. The molecule has 0 heterocycles. The Bertz CT molecular complexity index is 649. The first-order valence-corrected chi connectivity index (χ1v) is 6.46. The van der Waals surface area contributed by atoms with Crippen LogP contribution in [0, 0.1) is 17.5 Å². The molecule has 0 bridgehead atoms. The predicted octanol–water partition coefficient (Wildman–Crippen LogP) is 3.92. The van der Waals surface area contributed by atoms with Crippen LogP contribution in [-0.2, 0) is 0 Å². The molecule has 0 aliphatic rings. The van der Waals surface area contributed by atoms with Crippen LogP contribution in [0.4, 0.5) is 13.2 Å². The Balaban J connectivity index is 2.43. The molecule has 0 saturated carbocycles. The summed E-state index contributed by atoms with van der Waals surface area (Å²) in [5, 5.41) is 0. The van der Waals surface area contributed by atoms with E-state index in [1.165, 1.54) is 19.2 Å². The van der Waals surface area contributed by atoms with Crippen molar-refractivity contribution in [3.8, 4) is 5.75 Å². The van der Waals surface area contributed by atoms with Crippen molar-refractivity contribution >= 4 is 15.9 Å². The zero-order chi connectivity index (χ0) is 14.9. The number of nitrogens with two attached hydrogens (primary N) is 1. The van der Waals surface area contributed by atoms with E-state index in [1.807, 2.05) is 0 Å². The number of methoxy groups -OCH3 is 1. The summed E-state index contributed by atoms with van der Waals surface area (Å²) in [5.41, 5.74) is 6.14. The number of ether oxygens (including phenoxy) is 1. The molecule has 2 aromatic rings.